The van der Waals surface area contributed by atoms with Gasteiger partial charge < -0.3 is 30.2 Å². The van der Waals surface area contributed by atoms with Gasteiger partial charge in [-0.3, -0.25) is 14.4 Å². The molecule has 4 rings (SSSR count). The lowest BCUT2D eigenvalue weighted by atomic mass is 9.95. The van der Waals surface area contributed by atoms with Gasteiger partial charge in [-0.1, -0.05) is 19.9 Å². The molecule has 0 radical (unpaired) electrons. The van der Waals surface area contributed by atoms with Gasteiger partial charge >= 0.3 is 6.33 Å². The third-order valence-corrected chi connectivity index (χ3v) is 7.53. The van der Waals surface area contributed by atoms with Gasteiger partial charge in [0.25, 0.3) is 5.82 Å². The zero-order valence-corrected chi connectivity index (χ0v) is 25.8. The summed E-state index contributed by atoms with van der Waals surface area (Å²) >= 11 is 0. The molecule has 0 aliphatic heterocycles. The lowest BCUT2D eigenvalue weighted by molar-refractivity contribution is -0.728. The molecule has 1 aliphatic carbocycles. The van der Waals surface area contributed by atoms with Crippen LogP contribution in [-0.2, 0) is 29.5 Å². The molecule has 43 heavy (non-hydrogen) atoms. The van der Waals surface area contributed by atoms with Crippen LogP contribution in [0.15, 0.2) is 35.4 Å². The molecule has 12 heteroatoms. The average molecular weight is 594 g/mol. The molecule has 230 valence electrons. The second-order valence-corrected chi connectivity index (χ2v) is 10.9. The van der Waals surface area contributed by atoms with Gasteiger partial charge in [-0.2, -0.15) is 9.78 Å². The summed E-state index contributed by atoms with van der Waals surface area (Å²) < 4.78 is 18.8. The summed E-state index contributed by atoms with van der Waals surface area (Å²) in [5, 5.41) is 12.2. The predicted octanol–water partition coefficient (Wildman–Crippen LogP) is 2.21. The molecule has 0 spiro atoms. The fourth-order valence-electron chi connectivity index (χ4n) is 5.48. The van der Waals surface area contributed by atoms with E-state index in [1.807, 2.05) is 33.0 Å². The van der Waals surface area contributed by atoms with Gasteiger partial charge in [-0.15, -0.1) is 0 Å². The number of benzene rings is 1. The van der Waals surface area contributed by atoms with Gasteiger partial charge in [0.05, 0.1) is 39.5 Å². The molecule has 2 aromatic carbocycles. The van der Waals surface area contributed by atoms with E-state index >= 15 is 0 Å². The van der Waals surface area contributed by atoms with Crippen LogP contribution in [0, 0.1) is 5.92 Å². The summed E-state index contributed by atoms with van der Waals surface area (Å²) in [4.78, 5) is 43.4. The van der Waals surface area contributed by atoms with E-state index in [9.17, 15) is 14.4 Å². The Morgan fingerprint density at radius 1 is 1.12 bits per heavy atom. The van der Waals surface area contributed by atoms with Crippen molar-refractivity contribution in [2.24, 2.45) is 13.0 Å². The van der Waals surface area contributed by atoms with E-state index < -0.39 is 12.1 Å². The Labute approximate surface area is 251 Å². The first-order chi connectivity index (χ1) is 20.6. The summed E-state index contributed by atoms with van der Waals surface area (Å²) in [6.45, 7) is 5.68. The first-order valence-corrected chi connectivity index (χ1v) is 14.3. The van der Waals surface area contributed by atoms with Gasteiger partial charge in [0.15, 0.2) is 11.5 Å². The predicted molar refractivity (Wildman–Crippen MR) is 161 cm³/mol. The van der Waals surface area contributed by atoms with Crippen LogP contribution in [0.2, 0.25) is 0 Å². The fourth-order valence-corrected chi connectivity index (χ4v) is 5.48. The molecule has 2 amide bonds. The third-order valence-electron chi connectivity index (χ3n) is 7.53. The van der Waals surface area contributed by atoms with E-state index in [0.717, 1.165) is 17.0 Å². The molecule has 0 saturated heterocycles. The maximum absolute atomic E-state index is 13.7. The van der Waals surface area contributed by atoms with Gasteiger partial charge in [-0.25, -0.2) is 0 Å². The summed E-state index contributed by atoms with van der Waals surface area (Å²) in [5.41, 5.74) is 3.01. The highest BCUT2D eigenvalue weighted by Crippen LogP contribution is 2.50. The summed E-state index contributed by atoms with van der Waals surface area (Å²) in [6.07, 6.45) is 3.35. The highest BCUT2D eigenvalue weighted by atomic mass is 16.5. The Balaban J connectivity index is 1.75. The Morgan fingerprint density at radius 2 is 1.86 bits per heavy atom. The van der Waals surface area contributed by atoms with Crippen LogP contribution >= 0.6 is 0 Å². The highest BCUT2D eigenvalue weighted by molar-refractivity contribution is 5.86. The maximum atomic E-state index is 13.7. The second kappa shape index (κ2) is 13.6. The number of anilines is 1. The lowest BCUT2D eigenvalue weighted by Gasteiger charge is -2.22. The number of fused-ring (bicyclic) bond motifs is 3. The topological polar surface area (TPSA) is 148 Å². The molecule has 0 fully saturated rings. The smallest absolute Gasteiger partial charge is 0.306 e. The monoisotopic (exact) mass is 593 g/mol. The molecule has 2 atom stereocenters. The van der Waals surface area contributed by atoms with Crippen molar-refractivity contribution in [1.29, 1.82) is 0 Å². The second-order valence-electron chi connectivity index (χ2n) is 10.9. The van der Waals surface area contributed by atoms with E-state index in [4.69, 9.17) is 14.2 Å². The van der Waals surface area contributed by atoms with Crippen molar-refractivity contribution in [1.82, 2.24) is 20.7 Å². The van der Waals surface area contributed by atoms with Crippen LogP contribution in [0.5, 0.6) is 17.2 Å². The SMILES string of the molecule is COc1cc2c(c(OC)c1OC)-c1ccc(N[C@H](C(=O)NCCc3nc[n+](C)[nH]3)C(C)C)c(=O)cc1[C@@H](NC(C)=O)CC2. The number of amides is 2. The van der Waals surface area contributed by atoms with Gasteiger partial charge in [-0.05, 0) is 58.6 Å². The minimum absolute atomic E-state index is 0.117. The van der Waals surface area contributed by atoms with Crippen molar-refractivity contribution in [2.45, 2.75) is 52.1 Å². The van der Waals surface area contributed by atoms with E-state index in [0.29, 0.717) is 54.2 Å². The summed E-state index contributed by atoms with van der Waals surface area (Å²) in [5.74, 6) is 1.64. The van der Waals surface area contributed by atoms with Crippen molar-refractivity contribution in [3.05, 3.63) is 57.8 Å². The molecule has 0 unspecified atom stereocenters. The van der Waals surface area contributed by atoms with Crippen LogP contribution in [0.1, 0.15) is 50.2 Å². The molecule has 1 aliphatic rings. The van der Waals surface area contributed by atoms with Crippen molar-refractivity contribution in [3.63, 3.8) is 0 Å². The highest BCUT2D eigenvalue weighted by Gasteiger charge is 2.30. The summed E-state index contributed by atoms with van der Waals surface area (Å²) in [6, 6.07) is 5.86. The zero-order valence-electron chi connectivity index (χ0n) is 25.8. The number of rotatable bonds is 11. The zero-order chi connectivity index (χ0) is 31.3. The van der Waals surface area contributed by atoms with Crippen molar-refractivity contribution < 1.29 is 28.5 Å². The quantitative estimate of drug-likeness (QED) is 0.248. The van der Waals surface area contributed by atoms with Crippen LogP contribution in [-0.4, -0.2) is 55.8 Å². The number of methoxy groups -OCH3 is 3. The number of hydrogen-bond donors (Lipinski definition) is 4. The average Bonchev–Trinajstić information content (AvgIpc) is 3.24. The largest absolute Gasteiger partial charge is 0.493 e. The normalized spacial score (nSPS) is 14.6. The van der Waals surface area contributed by atoms with E-state index in [-0.39, 0.29) is 28.8 Å². The number of aromatic amines is 1. The third kappa shape index (κ3) is 6.90. The number of aryl methyl sites for hydroxylation is 2. The van der Waals surface area contributed by atoms with Crippen molar-refractivity contribution in [2.75, 3.05) is 33.2 Å². The van der Waals surface area contributed by atoms with E-state index in [2.05, 4.69) is 26.0 Å². The fraction of sp³-hybridized carbons (Fsp3) is 0.452. The van der Waals surface area contributed by atoms with E-state index in [1.165, 1.54) is 13.0 Å². The summed E-state index contributed by atoms with van der Waals surface area (Å²) in [7, 11) is 6.50. The minimum Gasteiger partial charge on any atom is -0.493 e. The molecule has 12 nitrogen and oxygen atoms in total. The van der Waals surface area contributed by atoms with Gasteiger partial charge in [0.2, 0.25) is 23.0 Å². The van der Waals surface area contributed by atoms with Gasteiger partial charge in [0.1, 0.15) is 13.1 Å². The molecule has 3 aromatic rings. The number of aromatic nitrogens is 3. The Kier molecular flexibility index (Phi) is 9.89. The first-order valence-electron chi connectivity index (χ1n) is 14.3. The molecule has 0 saturated carbocycles. The first kappa shape index (κ1) is 31.3. The van der Waals surface area contributed by atoms with Crippen molar-refractivity contribution in [3.8, 4) is 28.4 Å². The standard InChI is InChI=1S/C31H40N6O6/c1-17(2)28(31(40)32-13-12-26-33-16-37(4)36-26)35-23-11-9-20-21(15-24(23)39)22(34-18(3)38)10-8-19-14-25(41-5)29(42-6)30(43-7)27(19)20/h9,11,14-17,22,28H,8,10,12-13H2,1-7H3,(H3,32,34,35,38,39,40)/p+1/t22-,28-/m0/s1. The number of hydrogen-bond acceptors (Lipinski definition) is 8. The van der Waals surface area contributed by atoms with Crippen LogP contribution in [0.25, 0.3) is 11.1 Å². The molecular formula is C31H41N6O6+. The molecule has 1 aromatic heterocycles. The molecular weight excluding hydrogens is 552 g/mol. The van der Waals surface area contributed by atoms with Crippen LogP contribution in [0.4, 0.5) is 5.69 Å². The Morgan fingerprint density at radius 3 is 2.47 bits per heavy atom. The number of ether oxygens (including phenoxy) is 3. The van der Waals surface area contributed by atoms with E-state index in [1.54, 1.807) is 38.4 Å². The van der Waals surface area contributed by atoms with Crippen LogP contribution in [0.3, 0.4) is 0 Å². The minimum atomic E-state index is -0.667. The number of nitrogens with one attached hydrogen (secondary N) is 4. The number of carbonyl (C=O) groups is 2. The van der Waals surface area contributed by atoms with Crippen molar-refractivity contribution >= 4 is 17.5 Å². The molecule has 0 bridgehead atoms. The Bertz CT molecular complexity index is 1550. The lowest BCUT2D eigenvalue weighted by Crippen LogP contribution is -2.44. The maximum Gasteiger partial charge on any atom is 0.306 e. The number of nitrogens with zero attached hydrogens (tertiary/aromatic N) is 2. The Hall–Kier alpha value is -4.61. The van der Waals surface area contributed by atoms with Gasteiger partial charge in [0, 0.05) is 19.0 Å². The molecule has 1 heterocycles. The van der Waals surface area contributed by atoms with Crippen LogP contribution < -0.4 is 40.3 Å². The number of carbonyl (C=O) groups excluding carboxylic acids is 2. The molecule has 4 N–H and O–H groups in total. The number of H-pyrrole nitrogens is 1.